The first-order chi connectivity index (χ1) is 6.76. The second kappa shape index (κ2) is 6.38. The first kappa shape index (κ1) is 12.0. The smallest absolute Gasteiger partial charge is 0.0604 e. The molecule has 1 saturated carbocycles. The molecule has 0 spiro atoms. The van der Waals surface area contributed by atoms with E-state index in [0.29, 0.717) is 12.1 Å². The van der Waals surface area contributed by atoms with Crippen LogP contribution in [0.4, 0.5) is 0 Å². The summed E-state index contributed by atoms with van der Waals surface area (Å²) in [5, 5.41) is 3.26. The lowest BCUT2D eigenvalue weighted by Crippen LogP contribution is -2.43. The zero-order chi connectivity index (χ0) is 10.4. The summed E-state index contributed by atoms with van der Waals surface area (Å²) in [7, 11) is 4.18. The SMILES string of the molecule is CCN(C)CCCOC1CC(NC)C1. The Morgan fingerprint density at radius 2 is 2.14 bits per heavy atom. The molecule has 0 radical (unpaired) electrons. The van der Waals surface area contributed by atoms with Gasteiger partial charge in [0, 0.05) is 19.2 Å². The predicted octanol–water partition coefficient (Wildman–Crippen LogP) is 1.10. The van der Waals surface area contributed by atoms with Gasteiger partial charge in [-0.25, -0.2) is 0 Å². The third kappa shape index (κ3) is 3.95. The molecule has 0 atom stereocenters. The minimum Gasteiger partial charge on any atom is -0.378 e. The molecule has 0 aromatic heterocycles. The Morgan fingerprint density at radius 3 is 2.71 bits per heavy atom. The van der Waals surface area contributed by atoms with Gasteiger partial charge in [0.05, 0.1) is 6.10 Å². The van der Waals surface area contributed by atoms with Crippen LogP contribution in [0.25, 0.3) is 0 Å². The molecule has 0 aromatic rings. The summed E-state index contributed by atoms with van der Waals surface area (Å²) in [6.07, 6.45) is 4.07. The molecule has 1 aliphatic carbocycles. The van der Waals surface area contributed by atoms with E-state index in [2.05, 4.69) is 24.2 Å². The van der Waals surface area contributed by atoms with Crippen molar-refractivity contribution in [2.45, 2.75) is 38.3 Å². The number of hydrogen-bond acceptors (Lipinski definition) is 3. The first-order valence-corrected chi connectivity index (χ1v) is 5.73. The summed E-state index contributed by atoms with van der Waals surface area (Å²) >= 11 is 0. The van der Waals surface area contributed by atoms with Crippen LogP contribution in [0.1, 0.15) is 26.2 Å². The molecule has 0 amide bonds. The normalized spacial score (nSPS) is 26.6. The van der Waals surface area contributed by atoms with E-state index >= 15 is 0 Å². The van der Waals surface area contributed by atoms with Crippen LogP contribution < -0.4 is 5.32 Å². The van der Waals surface area contributed by atoms with Crippen molar-refractivity contribution in [2.24, 2.45) is 0 Å². The highest BCUT2D eigenvalue weighted by Gasteiger charge is 2.27. The maximum Gasteiger partial charge on any atom is 0.0604 e. The third-order valence-electron chi connectivity index (χ3n) is 3.08. The molecular formula is C11H24N2O. The maximum atomic E-state index is 5.74. The van der Waals surface area contributed by atoms with Gasteiger partial charge in [-0.15, -0.1) is 0 Å². The zero-order valence-electron chi connectivity index (χ0n) is 9.75. The molecule has 0 aromatic carbocycles. The standard InChI is InChI=1S/C11H24N2O/c1-4-13(3)6-5-7-14-11-8-10(9-11)12-2/h10-12H,4-9H2,1-3H3. The minimum absolute atomic E-state index is 0.527. The van der Waals surface area contributed by atoms with Crippen LogP contribution in [0.15, 0.2) is 0 Å². The lowest BCUT2D eigenvalue weighted by molar-refractivity contribution is -0.0174. The van der Waals surface area contributed by atoms with Crippen molar-refractivity contribution in [1.29, 1.82) is 0 Å². The quantitative estimate of drug-likeness (QED) is 0.623. The van der Waals surface area contributed by atoms with Gasteiger partial charge in [-0.2, -0.15) is 0 Å². The number of rotatable bonds is 7. The summed E-state index contributed by atoms with van der Waals surface area (Å²) in [5.74, 6) is 0. The molecule has 0 bridgehead atoms. The number of hydrogen-bond donors (Lipinski definition) is 1. The van der Waals surface area contributed by atoms with E-state index in [-0.39, 0.29) is 0 Å². The van der Waals surface area contributed by atoms with Gasteiger partial charge in [-0.1, -0.05) is 6.92 Å². The second-order valence-corrected chi connectivity index (χ2v) is 4.20. The van der Waals surface area contributed by atoms with Crippen LogP contribution in [0.2, 0.25) is 0 Å². The van der Waals surface area contributed by atoms with E-state index in [1.807, 2.05) is 7.05 Å². The average molecular weight is 200 g/mol. The number of nitrogens with zero attached hydrogens (tertiary/aromatic N) is 1. The van der Waals surface area contributed by atoms with Crippen LogP contribution in [0, 0.1) is 0 Å². The molecule has 0 unspecified atom stereocenters. The van der Waals surface area contributed by atoms with Gasteiger partial charge in [-0.3, -0.25) is 0 Å². The van der Waals surface area contributed by atoms with Gasteiger partial charge in [-0.05, 0) is 39.9 Å². The summed E-state index contributed by atoms with van der Waals surface area (Å²) in [5.41, 5.74) is 0. The van der Waals surface area contributed by atoms with Crippen molar-refractivity contribution in [3.8, 4) is 0 Å². The molecule has 0 saturated heterocycles. The van der Waals surface area contributed by atoms with E-state index < -0.39 is 0 Å². The molecule has 84 valence electrons. The van der Waals surface area contributed by atoms with Gasteiger partial charge >= 0.3 is 0 Å². The lowest BCUT2D eigenvalue weighted by atomic mass is 9.89. The predicted molar refractivity (Wildman–Crippen MR) is 59.6 cm³/mol. The van der Waals surface area contributed by atoms with Gasteiger partial charge in [0.25, 0.3) is 0 Å². The van der Waals surface area contributed by atoms with Crippen LogP contribution in [0.5, 0.6) is 0 Å². The Bertz CT molecular complexity index is 146. The Labute approximate surface area is 87.8 Å². The summed E-state index contributed by atoms with van der Waals surface area (Å²) in [6, 6.07) is 0.707. The van der Waals surface area contributed by atoms with Gasteiger partial charge in [0.15, 0.2) is 0 Å². The highest BCUT2D eigenvalue weighted by molar-refractivity contribution is 4.84. The molecule has 0 aliphatic heterocycles. The lowest BCUT2D eigenvalue weighted by Gasteiger charge is -2.34. The van der Waals surface area contributed by atoms with Crippen molar-refractivity contribution in [3.63, 3.8) is 0 Å². The van der Waals surface area contributed by atoms with Crippen LogP contribution in [0.3, 0.4) is 0 Å². The molecule has 1 fully saturated rings. The molecular weight excluding hydrogens is 176 g/mol. The van der Waals surface area contributed by atoms with E-state index in [9.17, 15) is 0 Å². The van der Waals surface area contributed by atoms with Crippen molar-refractivity contribution in [3.05, 3.63) is 0 Å². The van der Waals surface area contributed by atoms with Crippen molar-refractivity contribution >= 4 is 0 Å². The maximum absolute atomic E-state index is 5.74. The fourth-order valence-electron chi connectivity index (χ4n) is 1.68. The molecule has 1 N–H and O–H groups in total. The van der Waals surface area contributed by atoms with E-state index in [4.69, 9.17) is 4.74 Å². The Balaban J connectivity index is 1.86. The summed E-state index contributed by atoms with van der Waals surface area (Å²) in [4.78, 5) is 2.32. The topological polar surface area (TPSA) is 24.5 Å². The number of ether oxygens (including phenoxy) is 1. The fraction of sp³-hybridized carbons (Fsp3) is 1.00. The molecule has 3 nitrogen and oxygen atoms in total. The van der Waals surface area contributed by atoms with Gasteiger partial charge in [0.2, 0.25) is 0 Å². The monoisotopic (exact) mass is 200 g/mol. The van der Waals surface area contributed by atoms with Crippen molar-refractivity contribution < 1.29 is 4.74 Å². The van der Waals surface area contributed by atoms with Crippen LogP contribution >= 0.6 is 0 Å². The highest BCUT2D eigenvalue weighted by atomic mass is 16.5. The summed E-state index contributed by atoms with van der Waals surface area (Å²) < 4.78 is 5.74. The molecule has 3 heteroatoms. The van der Waals surface area contributed by atoms with Crippen molar-refractivity contribution in [2.75, 3.05) is 33.8 Å². The summed E-state index contributed by atoms with van der Waals surface area (Å²) in [6.45, 7) is 5.39. The zero-order valence-corrected chi connectivity index (χ0v) is 9.75. The largest absolute Gasteiger partial charge is 0.378 e. The average Bonchev–Trinajstić information content (AvgIpc) is 2.14. The minimum atomic E-state index is 0.527. The van der Waals surface area contributed by atoms with Crippen LogP contribution in [-0.2, 0) is 4.74 Å². The molecule has 1 rings (SSSR count). The third-order valence-corrected chi connectivity index (χ3v) is 3.08. The van der Waals surface area contributed by atoms with Gasteiger partial charge in [0.1, 0.15) is 0 Å². The van der Waals surface area contributed by atoms with Crippen LogP contribution in [-0.4, -0.2) is 50.8 Å². The van der Waals surface area contributed by atoms with E-state index in [1.165, 1.54) is 12.8 Å². The number of nitrogens with one attached hydrogen (secondary N) is 1. The molecule has 0 heterocycles. The van der Waals surface area contributed by atoms with Gasteiger partial charge < -0.3 is 15.0 Å². The van der Waals surface area contributed by atoms with E-state index in [0.717, 1.165) is 26.1 Å². The first-order valence-electron chi connectivity index (χ1n) is 5.73. The molecule has 14 heavy (non-hydrogen) atoms. The Kier molecular flexibility index (Phi) is 5.45. The molecule has 1 aliphatic rings. The Hall–Kier alpha value is -0.120. The Morgan fingerprint density at radius 1 is 1.43 bits per heavy atom. The van der Waals surface area contributed by atoms with E-state index in [1.54, 1.807) is 0 Å². The fourth-order valence-corrected chi connectivity index (χ4v) is 1.68. The van der Waals surface area contributed by atoms with Crippen molar-refractivity contribution in [1.82, 2.24) is 10.2 Å². The highest BCUT2D eigenvalue weighted by Crippen LogP contribution is 2.22. The second-order valence-electron chi connectivity index (χ2n) is 4.20.